The minimum atomic E-state index is -0.436. The molecule has 1 fully saturated rings. The van der Waals surface area contributed by atoms with Gasteiger partial charge in [-0.25, -0.2) is 0 Å². The third-order valence-electron chi connectivity index (χ3n) is 4.52. The molecule has 0 saturated heterocycles. The van der Waals surface area contributed by atoms with Crippen molar-refractivity contribution >= 4 is 17.3 Å². The van der Waals surface area contributed by atoms with Crippen LogP contribution in [0.25, 0.3) is 0 Å². The number of Topliss-reactive ketones (excluding diaryl/α,β-unsaturated/α-hetero) is 1. The Morgan fingerprint density at radius 2 is 1.75 bits per heavy atom. The van der Waals surface area contributed by atoms with Crippen molar-refractivity contribution in [2.45, 2.75) is 39.0 Å². The SMILES string of the molecule is CCNCC(=O)C1CCC(CC2C(=O)C=CC2=O)CC1. The minimum absolute atomic E-state index is 0.0413. The maximum atomic E-state index is 11.9. The third kappa shape index (κ3) is 3.63. The number of allylic oxidation sites excluding steroid dienone is 2. The molecule has 0 atom stereocenters. The number of hydrogen-bond donors (Lipinski definition) is 1. The maximum absolute atomic E-state index is 11.9. The average molecular weight is 277 g/mol. The second-order valence-corrected chi connectivity index (χ2v) is 5.89. The lowest BCUT2D eigenvalue weighted by atomic mass is 9.76. The Hall–Kier alpha value is -1.29. The van der Waals surface area contributed by atoms with Gasteiger partial charge in [0.15, 0.2) is 11.6 Å². The monoisotopic (exact) mass is 277 g/mol. The Morgan fingerprint density at radius 3 is 2.30 bits per heavy atom. The van der Waals surface area contributed by atoms with Crippen LogP contribution in [0.1, 0.15) is 39.0 Å². The predicted molar refractivity (Wildman–Crippen MR) is 76.3 cm³/mol. The van der Waals surface area contributed by atoms with Gasteiger partial charge in [-0.2, -0.15) is 0 Å². The zero-order valence-electron chi connectivity index (χ0n) is 12.1. The third-order valence-corrected chi connectivity index (χ3v) is 4.52. The van der Waals surface area contributed by atoms with Crippen molar-refractivity contribution in [1.82, 2.24) is 5.32 Å². The number of rotatable bonds is 6. The fraction of sp³-hybridized carbons (Fsp3) is 0.688. The molecular formula is C16H23NO3. The van der Waals surface area contributed by atoms with E-state index < -0.39 is 5.92 Å². The van der Waals surface area contributed by atoms with E-state index in [0.717, 1.165) is 32.2 Å². The van der Waals surface area contributed by atoms with Crippen LogP contribution < -0.4 is 5.32 Å². The van der Waals surface area contributed by atoms with Crippen LogP contribution in [-0.2, 0) is 14.4 Å². The van der Waals surface area contributed by atoms with E-state index in [-0.39, 0.29) is 17.5 Å². The summed E-state index contributed by atoms with van der Waals surface area (Å²) in [6.45, 7) is 3.28. The minimum Gasteiger partial charge on any atom is -0.310 e. The van der Waals surface area contributed by atoms with Crippen molar-refractivity contribution < 1.29 is 14.4 Å². The highest BCUT2D eigenvalue weighted by Gasteiger charge is 2.33. The van der Waals surface area contributed by atoms with Crippen molar-refractivity contribution in [1.29, 1.82) is 0 Å². The van der Waals surface area contributed by atoms with E-state index in [0.29, 0.717) is 24.7 Å². The molecular weight excluding hydrogens is 254 g/mol. The largest absolute Gasteiger partial charge is 0.310 e. The molecule has 0 aromatic carbocycles. The molecule has 0 amide bonds. The molecule has 2 aliphatic rings. The first kappa shape index (κ1) is 15.1. The molecule has 4 heteroatoms. The maximum Gasteiger partial charge on any atom is 0.166 e. The molecule has 2 rings (SSSR count). The van der Waals surface area contributed by atoms with Crippen LogP contribution in [0.3, 0.4) is 0 Å². The zero-order valence-corrected chi connectivity index (χ0v) is 12.1. The van der Waals surface area contributed by atoms with Gasteiger partial charge in [0, 0.05) is 5.92 Å². The number of carbonyl (C=O) groups is 3. The topological polar surface area (TPSA) is 63.2 Å². The highest BCUT2D eigenvalue weighted by molar-refractivity contribution is 6.18. The molecule has 1 saturated carbocycles. The van der Waals surface area contributed by atoms with Crippen molar-refractivity contribution in [2.24, 2.45) is 17.8 Å². The number of nitrogens with one attached hydrogen (secondary N) is 1. The van der Waals surface area contributed by atoms with Crippen LogP contribution in [0.2, 0.25) is 0 Å². The summed E-state index contributed by atoms with van der Waals surface area (Å²) in [5.74, 6) is 0.365. The smallest absolute Gasteiger partial charge is 0.166 e. The molecule has 110 valence electrons. The first-order chi connectivity index (χ1) is 9.61. The predicted octanol–water partition coefficient (Wildman–Crippen LogP) is 1.69. The number of carbonyl (C=O) groups excluding carboxylic acids is 3. The summed E-state index contributed by atoms with van der Waals surface area (Å²) < 4.78 is 0. The average Bonchev–Trinajstić information content (AvgIpc) is 2.77. The second-order valence-electron chi connectivity index (χ2n) is 5.89. The van der Waals surface area contributed by atoms with E-state index >= 15 is 0 Å². The molecule has 0 aromatic rings. The summed E-state index contributed by atoms with van der Waals surface area (Å²) in [4.78, 5) is 35.1. The first-order valence-corrected chi connectivity index (χ1v) is 7.61. The Balaban J connectivity index is 1.76. The molecule has 0 bridgehead atoms. The van der Waals surface area contributed by atoms with Gasteiger partial charge in [-0.3, -0.25) is 14.4 Å². The van der Waals surface area contributed by atoms with E-state index in [1.54, 1.807) is 0 Å². The normalized spacial score (nSPS) is 27.2. The standard InChI is InChI=1S/C16H23NO3/c1-2-17-10-16(20)12-5-3-11(4-6-12)9-13-14(18)7-8-15(13)19/h7-8,11-13,17H,2-6,9-10H2,1H3. The molecule has 0 radical (unpaired) electrons. The molecule has 0 spiro atoms. The van der Waals surface area contributed by atoms with Gasteiger partial charge in [0.1, 0.15) is 5.78 Å². The van der Waals surface area contributed by atoms with Gasteiger partial charge in [0.25, 0.3) is 0 Å². The van der Waals surface area contributed by atoms with E-state index in [1.807, 2.05) is 6.92 Å². The van der Waals surface area contributed by atoms with Gasteiger partial charge >= 0.3 is 0 Å². The summed E-state index contributed by atoms with van der Waals surface area (Å²) in [6.07, 6.45) is 7.18. The molecule has 0 aliphatic heterocycles. The molecule has 1 N–H and O–H groups in total. The molecule has 0 aromatic heterocycles. The van der Waals surface area contributed by atoms with Gasteiger partial charge < -0.3 is 5.32 Å². The van der Waals surface area contributed by atoms with Crippen molar-refractivity contribution in [3.63, 3.8) is 0 Å². The van der Waals surface area contributed by atoms with E-state index in [4.69, 9.17) is 0 Å². The van der Waals surface area contributed by atoms with Crippen molar-refractivity contribution in [3.8, 4) is 0 Å². The van der Waals surface area contributed by atoms with Crippen LogP contribution >= 0.6 is 0 Å². The Labute approximate surface area is 120 Å². The van der Waals surface area contributed by atoms with Crippen LogP contribution in [0.15, 0.2) is 12.2 Å². The summed E-state index contributed by atoms with van der Waals surface area (Å²) in [5, 5.41) is 3.08. The Morgan fingerprint density at radius 1 is 1.15 bits per heavy atom. The van der Waals surface area contributed by atoms with Crippen molar-refractivity contribution in [2.75, 3.05) is 13.1 Å². The van der Waals surface area contributed by atoms with Gasteiger partial charge in [-0.1, -0.05) is 6.92 Å². The van der Waals surface area contributed by atoms with Crippen LogP contribution in [0.4, 0.5) is 0 Å². The molecule has 20 heavy (non-hydrogen) atoms. The lowest BCUT2D eigenvalue weighted by Gasteiger charge is -2.28. The van der Waals surface area contributed by atoms with Gasteiger partial charge in [0.2, 0.25) is 0 Å². The zero-order chi connectivity index (χ0) is 14.5. The fourth-order valence-corrected chi connectivity index (χ4v) is 3.22. The van der Waals surface area contributed by atoms with Gasteiger partial charge in [-0.05, 0) is 56.7 Å². The van der Waals surface area contributed by atoms with E-state index in [2.05, 4.69) is 5.32 Å². The lowest BCUT2D eigenvalue weighted by molar-refractivity contribution is -0.127. The van der Waals surface area contributed by atoms with Crippen molar-refractivity contribution in [3.05, 3.63) is 12.2 Å². The summed E-state index contributed by atoms with van der Waals surface area (Å²) in [7, 11) is 0. The number of hydrogen-bond acceptors (Lipinski definition) is 4. The lowest BCUT2D eigenvalue weighted by Crippen LogP contribution is -2.31. The fourth-order valence-electron chi connectivity index (χ4n) is 3.22. The van der Waals surface area contributed by atoms with E-state index in [9.17, 15) is 14.4 Å². The second kappa shape index (κ2) is 6.93. The molecule has 4 nitrogen and oxygen atoms in total. The summed E-state index contributed by atoms with van der Waals surface area (Å²) in [6, 6.07) is 0. The molecule has 0 heterocycles. The molecule has 0 unspecified atom stereocenters. The summed E-state index contributed by atoms with van der Waals surface area (Å²) >= 11 is 0. The highest BCUT2D eigenvalue weighted by Crippen LogP contribution is 2.34. The molecule has 2 aliphatic carbocycles. The van der Waals surface area contributed by atoms with E-state index in [1.165, 1.54) is 12.2 Å². The summed E-state index contributed by atoms with van der Waals surface area (Å²) in [5.41, 5.74) is 0. The van der Waals surface area contributed by atoms with Crippen LogP contribution in [0, 0.1) is 17.8 Å². The van der Waals surface area contributed by atoms with Crippen LogP contribution in [0.5, 0.6) is 0 Å². The quantitative estimate of drug-likeness (QED) is 0.750. The highest BCUT2D eigenvalue weighted by atomic mass is 16.2. The van der Waals surface area contributed by atoms with Gasteiger partial charge in [-0.15, -0.1) is 0 Å². The van der Waals surface area contributed by atoms with Crippen LogP contribution in [-0.4, -0.2) is 30.4 Å². The number of likely N-dealkylation sites (N-methyl/N-ethyl adjacent to an activating group) is 1. The van der Waals surface area contributed by atoms with Gasteiger partial charge in [0.05, 0.1) is 12.5 Å². The Kier molecular flexibility index (Phi) is 5.24. The first-order valence-electron chi connectivity index (χ1n) is 7.61. The Bertz CT molecular complexity index is 401. The number of ketones is 3.